The molecule has 0 aromatic rings. The molecule has 3 unspecified atom stereocenters. The molecule has 1 aliphatic heterocycles. The Balaban J connectivity index is 0.000000494. The van der Waals surface area contributed by atoms with E-state index < -0.39 is 7.25 Å². The van der Waals surface area contributed by atoms with Crippen molar-refractivity contribution in [2.24, 2.45) is 4.99 Å². The topological polar surface area (TPSA) is 16.8 Å². The van der Waals surface area contributed by atoms with E-state index >= 15 is 0 Å². The maximum Gasteiger partial charge on any atom is 0.673 e. The van der Waals surface area contributed by atoms with Crippen LogP contribution in [0.3, 0.4) is 0 Å². The Morgan fingerprint density at radius 1 is 1.28 bits per heavy atom. The predicted octanol–water partition coefficient (Wildman–Crippen LogP) is 3.05. The summed E-state index contributed by atoms with van der Waals surface area (Å²) < 4.78 is 39.0. The summed E-state index contributed by atoms with van der Waals surface area (Å²) in [7, 11) is -6.00. The molecule has 18 heavy (non-hydrogen) atoms. The molecule has 2 nitrogen and oxygen atoms in total. The minimum Gasteiger partial charge on any atom is -0.418 e. The predicted molar refractivity (Wildman–Crippen MR) is 67.6 cm³/mol. The van der Waals surface area contributed by atoms with Gasteiger partial charge in [0.25, 0.3) is 0 Å². The summed E-state index contributed by atoms with van der Waals surface area (Å²) in [5.74, 6) is 0. The van der Waals surface area contributed by atoms with Gasteiger partial charge in [0.15, 0.2) is 11.8 Å². The van der Waals surface area contributed by atoms with Crippen molar-refractivity contribution in [3.05, 3.63) is 12.4 Å². The number of nitrogens with zero attached hydrogens (tertiary/aromatic N) is 1. The molecule has 9 heteroatoms. The third kappa shape index (κ3) is 10.9. The number of nitrogens with one attached hydrogen (secondary N) is 1. The van der Waals surface area contributed by atoms with Gasteiger partial charge in [0.1, 0.15) is 6.20 Å². The van der Waals surface area contributed by atoms with Gasteiger partial charge < -0.3 is 17.3 Å². The Morgan fingerprint density at radius 2 is 1.83 bits per heavy atom. The first-order chi connectivity index (χ1) is 8.24. The highest BCUT2D eigenvalue weighted by Gasteiger charge is 2.21. The quantitative estimate of drug-likeness (QED) is 0.348. The Labute approximate surface area is 114 Å². The number of aliphatic imine (C=N–C) groups is 1. The molecule has 106 valence electrons. The number of hydrogen-bond donors (Lipinski definition) is 1. The number of quaternary nitrogens is 1. The van der Waals surface area contributed by atoms with Crippen molar-refractivity contribution in [2.75, 3.05) is 0 Å². The molecule has 0 saturated carbocycles. The molecule has 3 atom stereocenters. The molecule has 0 bridgehead atoms. The molecule has 0 fully saturated rings. The van der Waals surface area contributed by atoms with Gasteiger partial charge in [0.2, 0.25) is 0 Å². The maximum absolute atomic E-state index is 9.75. The first-order valence-corrected chi connectivity index (χ1v) is 6.33. The van der Waals surface area contributed by atoms with Gasteiger partial charge in [-0.3, -0.25) is 0 Å². The lowest BCUT2D eigenvalue weighted by Crippen LogP contribution is -3.08. The van der Waals surface area contributed by atoms with Crippen LogP contribution < -0.4 is 4.90 Å². The Morgan fingerprint density at radius 3 is 2.22 bits per heavy atom. The van der Waals surface area contributed by atoms with Crippen LogP contribution in [0, 0.1) is 0 Å². The number of alkyl halides is 2. The highest BCUT2D eigenvalue weighted by Crippen LogP contribution is 2.12. The van der Waals surface area contributed by atoms with Crippen molar-refractivity contribution in [3.63, 3.8) is 0 Å². The lowest BCUT2D eigenvalue weighted by Gasteiger charge is -2.15. The third-order valence-corrected chi connectivity index (χ3v) is 2.83. The summed E-state index contributed by atoms with van der Waals surface area (Å²) in [4.78, 5) is 5.04. The largest absolute Gasteiger partial charge is 0.673 e. The van der Waals surface area contributed by atoms with Crippen LogP contribution in [-0.4, -0.2) is 24.5 Å². The van der Waals surface area contributed by atoms with Crippen molar-refractivity contribution < 1.29 is 22.2 Å². The summed E-state index contributed by atoms with van der Waals surface area (Å²) in [5, 5.41) is 0.183. The second kappa shape index (κ2) is 8.77. The SMILES string of the molecule is CCCC(Cl)CC(Cl)[NH+]1C=CN=C1.F[B-](F)(F)F. The van der Waals surface area contributed by atoms with E-state index in [9.17, 15) is 17.3 Å². The molecular weight excluding hydrogens is 294 g/mol. The number of rotatable bonds is 5. The first kappa shape index (κ1) is 17.7. The Bertz CT molecular complexity index is 268. The van der Waals surface area contributed by atoms with E-state index in [1.54, 1.807) is 12.5 Å². The van der Waals surface area contributed by atoms with Gasteiger partial charge >= 0.3 is 7.25 Å². The lowest BCUT2D eigenvalue weighted by molar-refractivity contribution is -0.751. The zero-order chi connectivity index (χ0) is 14.2. The molecule has 1 aliphatic rings. The zero-order valence-corrected chi connectivity index (χ0v) is 11.3. The molecule has 1 N–H and O–H groups in total. The van der Waals surface area contributed by atoms with Crippen molar-refractivity contribution in [3.8, 4) is 0 Å². The van der Waals surface area contributed by atoms with Gasteiger partial charge in [-0.05, 0) is 6.42 Å². The number of hydrogen-bond acceptors (Lipinski definition) is 1. The summed E-state index contributed by atoms with van der Waals surface area (Å²) >= 11 is 12.2. The van der Waals surface area contributed by atoms with E-state index in [0.29, 0.717) is 0 Å². The smallest absolute Gasteiger partial charge is 0.418 e. The van der Waals surface area contributed by atoms with Gasteiger partial charge in [-0.15, -0.1) is 11.6 Å². The fourth-order valence-electron chi connectivity index (χ4n) is 1.28. The Kier molecular flexibility index (Phi) is 8.64. The van der Waals surface area contributed by atoms with E-state index in [2.05, 4.69) is 11.9 Å². The molecular formula is C9H15BCl2F4N2. The normalized spacial score (nSPS) is 21.4. The van der Waals surface area contributed by atoms with Crippen LogP contribution in [0.2, 0.25) is 0 Å². The van der Waals surface area contributed by atoms with Crippen molar-refractivity contribution in [2.45, 2.75) is 37.1 Å². The fraction of sp³-hybridized carbons (Fsp3) is 0.667. The van der Waals surface area contributed by atoms with Crippen LogP contribution in [0.25, 0.3) is 0 Å². The minimum atomic E-state index is -6.00. The third-order valence-electron chi connectivity index (χ3n) is 2.00. The number of halogens is 6. The van der Waals surface area contributed by atoms with Gasteiger partial charge in [-0.2, -0.15) is 0 Å². The molecule has 0 aliphatic carbocycles. The van der Waals surface area contributed by atoms with Gasteiger partial charge in [0.05, 0.1) is 6.20 Å². The molecule has 0 saturated heterocycles. The molecule has 0 amide bonds. The maximum atomic E-state index is 9.75. The lowest BCUT2D eigenvalue weighted by atomic mass is 10.2. The fourth-order valence-corrected chi connectivity index (χ4v) is 2.11. The van der Waals surface area contributed by atoms with E-state index in [0.717, 1.165) is 24.2 Å². The molecule has 0 spiro atoms. The first-order valence-electron chi connectivity index (χ1n) is 5.46. The molecule has 0 aromatic carbocycles. The highest BCUT2D eigenvalue weighted by atomic mass is 35.5. The van der Waals surface area contributed by atoms with Gasteiger partial charge in [0, 0.05) is 11.8 Å². The van der Waals surface area contributed by atoms with E-state index in [4.69, 9.17) is 23.2 Å². The zero-order valence-electron chi connectivity index (χ0n) is 9.80. The summed E-state index contributed by atoms with van der Waals surface area (Å²) in [5.41, 5.74) is 0.0107. The van der Waals surface area contributed by atoms with Crippen LogP contribution in [0.4, 0.5) is 17.3 Å². The average molecular weight is 309 g/mol. The van der Waals surface area contributed by atoms with E-state index in [1.807, 2.05) is 6.20 Å². The second-order valence-electron chi connectivity index (χ2n) is 3.68. The van der Waals surface area contributed by atoms with Gasteiger partial charge in [-0.1, -0.05) is 24.9 Å². The van der Waals surface area contributed by atoms with E-state index in [1.165, 1.54) is 0 Å². The van der Waals surface area contributed by atoms with Gasteiger partial charge in [-0.25, -0.2) is 9.89 Å². The van der Waals surface area contributed by atoms with Crippen molar-refractivity contribution in [1.29, 1.82) is 0 Å². The summed E-state index contributed by atoms with van der Waals surface area (Å²) in [6.45, 7) is 2.13. The second-order valence-corrected chi connectivity index (χ2v) is 4.82. The standard InChI is InChI=1S/C9H14Cl2N2.BF4/c1-2-3-8(10)6-9(11)13-5-4-12-7-13;2-1(3,4)5/h4-5,7-9H,2-3,6H2,1H3;/q;-1/p+1. The van der Waals surface area contributed by atoms with Crippen LogP contribution in [-0.2, 0) is 0 Å². The summed E-state index contributed by atoms with van der Waals surface area (Å²) in [6.07, 6.45) is 8.45. The average Bonchev–Trinajstić information content (AvgIpc) is 2.67. The van der Waals surface area contributed by atoms with Crippen LogP contribution >= 0.6 is 23.2 Å². The van der Waals surface area contributed by atoms with Crippen molar-refractivity contribution in [1.82, 2.24) is 0 Å². The molecule has 0 aromatic heterocycles. The summed E-state index contributed by atoms with van der Waals surface area (Å²) in [6, 6.07) is 0. The molecule has 1 heterocycles. The van der Waals surface area contributed by atoms with Crippen LogP contribution in [0.15, 0.2) is 17.4 Å². The monoisotopic (exact) mass is 308 g/mol. The highest BCUT2D eigenvalue weighted by molar-refractivity contribution is 6.50. The van der Waals surface area contributed by atoms with Crippen LogP contribution in [0.1, 0.15) is 26.2 Å². The van der Waals surface area contributed by atoms with Crippen LogP contribution in [0.5, 0.6) is 0 Å². The van der Waals surface area contributed by atoms with Crippen molar-refractivity contribution >= 4 is 36.8 Å². The molecule has 1 rings (SSSR count). The molecule has 0 radical (unpaired) electrons. The Hall–Kier alpha value is -0.265. The van der Waals surface area contributed by atoms with E-state index in [-0.39, 0.29) is 10.9 Å². The minimum absolute atomic E-state index is 0.0107.